The van der Waals surface area contributed by atoms with Gasteiger partial charge in [0.25, 0.3) is 0 Å². The summed E-state index contributed by atoms with van der Waals surface area (Å²) >= 11 is 0. The highest BCUT2D eigenvalue weighted by Gasteiger charge is 2.36. The van der Waals surface area contributed by atoms with E-state index in [1.54, 1.807) is 4.90 Å². The van der Waals surface area contributed by atoms with E-state index in [2.05, 4.69) is 0 Å². The van der Waals surface area contributed by atoms with E-state index in [0.29, 0.717) is 5.56 Å². The molecule has 0 spiro atoms. The average Bonchev–Trinajstić information content (AvgIpc) is 3.28. The third kappa shape index (κ3) is 3.79. The van der Waals surface area contributed by atoms with Crippen LogP contribution in [-0.4, -0.2) is 22.9 Å². The van der Waals surface area contributed by atoms with Gasteiger partial charge in [-0.05, 0) is 24.8 Å². The lowest BCUT2D eigenvalue weighted by molar-refractivity contribution is -0.135. The largest absolute Gasteiger partial charge is 0.334 e. The standard InChI is InChI=1S/C16H22F2N2O/c1-3-10(2)15(19)16(21)20(13-6-7-13)9-11-4-5-12(17)8-14(11)18/h4-5,8,10,13,15H,3,6-7,9,19H2,1-2H3/t10-,15-/m0/s1. The topological polar surface area (TPSA) is 46.3 Å². The minimum absolute atomic E-state index is 0.0804. The molecule has 1 aliphatic carbocycles. The Bertz CT molecular complexity index is 517. The Hall–Kier alpha value is -1.49. The molecule has 1 amide bonds. The number of halogens is 2. The van der Waals surface area contributed by atoms with Crippen LogP contribution in [0.2, 0.25) is 0 Å². The fourth-order valence-electron chi connectivity index (χ4n) is 2.30. The smallest absolute Gasteiger partial charge is 0.240 e. The molecule has 116 valence electrons. The molecule has 0 unspecified atom stereocenters. The molecule has 5 heteroatoms. The zero-order chi connectivity index (χ0) is 15.6. The summed E-state index contributed by atoms with van der Waals surface area (Å²) in [5.41, 5.74) is 6.34. The summed E-state index contributed by atoms with van der Waals surface area (Å²) in [5.74, 6) is -1.30. The Morgan fingerprint density at radius 2 is 2.10 bits per heavy atom. The fraction of sp³-hybridized carbons (Fsp3) is 0.562. The summed E-state index contributed by atoms with van der Waals surface area (Å²) in [5, 5.41) is 0. The quantitative estimate of drug-likeness (QED) is 0.877. The molecule has 0 saturated heterocycles. The summed E-state index contributed by atoms with van der Waals surface area (Å²) < 4.78 is 26.7. The molecule has 1 aliphatic rings. The number of nitrogens with zero attached hydrogens (tertiary/aromatic N) is 1. The first kappa shape index (κ1) is 15.9. The maximum Gasteiger partial charge on any atom is 0.240 e. The molecule has 2 atom stereocenters. The molecular formula is C16H22F2N2O. The highest BCUT2D eigenvalue weighted by Crippen LogP contribution is 2.30. The van der Waals surface area contributed by atoms with Crippen LogP contribution < -0.4 is 5.73 Å². The number of carbonyl (C=O) groups is 1. The van der Waals surface area contributed by atoms with Crippen molar-refractivity contribution in [2.45, 2.75) is 51.7 Å². The van der Waals surface area contributed by atoms with Crippen molar-refractivity contribution in [3.8, 4) is 0 Å². The maximum atomic E-state index is 13.8. The van der Waals surface area contributed by atoms with E-state index in [1.807, 2.05) is 13.8 Å². The average molecular weight is 296 g/mol. The highest BCUT2D eigenvalue weighted by molar-refractivity contribution is 5.82. The molecule has 0 aliphatic heterocycles. The second kappa shape index (κ2) is 6.52. The van der Waals surface area contributed by atoms with E-state index >= 15 is 0 Å². The summed E-state index contributed by atoms with van der Waals surface area (Å²) in [6, 6.07) is 3.01. The van der Waals surface area contributed by atoms with Crippen molar-refractivity contribution >= 4 is 5.91 Å². The first-order valence-electron chi connectivity index (χ1n) is 7.44. The predicted molar refractivity (Wildman–Crippen MR) is 77.4 cm³/mol. The van der Waals surface area contributed by atoms with E-state index in [1.165, 1.54) is 12.1 Å². The van der Waals surface area contributed by atoms with Crippen LogP contribution in [0.1, 0.15) is 38.7 Å². The van der Waals surface area contributed by atoms with E-state index in [0.717, 1.165) is 25.3 Å². The van der Waals surface area contributed by atoms with Crippen molar-refractivity contribution in [1.82, 2.24) is 4.90 Å². The third-order valence-electron chi connectivity index (χ3n) is 4.17. The van der Waals surface area contributed by atoms with Gasteiger partial charge >= 0.3 is 0 Å². The van der Waals surface area contributed by atoms with Gasteiger partial charge in [0.05, 0.1) is 6.04 Å². The summed E-state index contributed by atoms with van der Waals surface area (Å²) in [6.07, 6.45) is 2.65. The van der Waals surface area contributed by atoms with Crippen molar-refractivity contribution in [2.75, 3.05) is 0 Å². The van der Waals surface area contributed by atoms with Crippen molar-refractivity contribution < 1.29 is 13.6 Å². The number of carbonyl (C=O) groups excluding carboxylic acids is 1. The Morgan fingerprint density at radius 3 is 2.62 bits per heavy atom. The number of nitrogens with two attached hydrogens (primary N) is 1. The first-order valence-corrected chi connectivity index (χ1v) is 7.44. The first-order chi connectivity index (χ1) is 9.93. The van der Waals surface area contributed by atoms with Crippen LogP contribution in [0.3, 0.4) is 0 Å². The van der Waals surface area contributed by atoms with Gasteiger partial charge in [0.15, 0.2) is 0 Å². The van der Waals surface area contributed by atoms with Crippen LogP contribution in [-0.2, 0) is 11.3 Å². The van der Waals surface area contributed by atoms with Gasteiger partial charge in [-0.3, -0.25) is 4.79 Å². The van der Waals surface area contributed by atoms with E-state index in [4.69, 9.17) is 5.73 Å². The maximum absolute atomic E-state index is 13.8. The molecule has 0 heterocycles. The Kier molecular flexibility index (Phi) is 4.93. The fourth-order valence-corrected chi connectivity index (χ4v) is 2.30. The minimum Gasteiger partial charge on any atom is -0.334 e. The van der Waals surface area contributed by atoms with Gasteiger partial charge < -0.3 is 10.6 Å². The van der Waals surface area contributed by atoms with Crippen LogP contribution in [0, 0.1) is 17.6 Å². The van der Waals surface area contributed by atoms with Gasteiger partial charge in [-0.25, -0.2) is 8.78 Å². The molecule has 1 saturated carbocycles. The molecule has 0 radical (unpaired) electrons. The normalized spacial score (nSPS) is 17.4. The second-order valence-electron chi connectivity index (χ2n) is 5.84. The monoisotopic (exact) mass is 296 g/mol. The van der Waals surface area contributed by atoms with Crippen molar-refractivity contribution in [3.63, 3.8) is 0 Å². The number of amides is 1. The summed E-state index contributed by atoms with van der Waals surface area (Å²) in [4.78, 5) is 14.2. The van der Waals surface area contributed by atoms with Crippen molar-refractivity contribution in [1.29, 1.82) is 0 Å². The second-order valence-corrected chi connectivity index (χ2v) is 5.84. The van der Waals surface area contributed by atoms with Gasteiger partial charge in [-0.1, -0.05) is 26.3 Å². The lowest BCUT2D eigenvalue weighted by Gasteiger charge is -2.28. The van der Waals surface area contributed by atoms with Crippen LogP contribution in [0.5, 0.6) is 0 Å². The van der Waals surface area contributed by atoms with Crippen molar-refractivity contribution in [3.05, 3.63) is 35.4 Å². The van der Waals surface area contributed by atoms with E-state index in [9.17, 15) is 13.6 Å². The molecule has 2 rings (SSSR count). The zero-order valence-electron chi connectivity index (χ0n) is 12.5. The van der Waals surface area contributed by atoms with E-state index in [-0.39, 0.29) is 24.4 Å². The zero-order valence-corrected chi connectivity index (χ0v) is 12.5. The highest BCUT2D eigenvalue weighted by atomic mass is 19.1. The number of hydrogen-bond acceptors (Lipinski definition) is 2. The van der Waals surface area contributed by atoms with Crippen LogP contribution >= 0.6 is 0 Å². The Balaban J connectivity index is 2.14. The Labute approximate surface area is 124 Å². The molecule has 1 fully saturated rings. The summed E-state index contributed by atoms with van der Waals surface area (Å²) in [7, 11) is 0. The van der Waals surface area contributed by atoms with Gasteiger partial charge in [-0.2, -0.15) is 0 Å². The van der Waals surface area contributed by atoms with Gasteiger partial charge in [-0.15, -0.1) is 0 Å². The van der Waals surface area contributed by atoms with Crippen LogP contribution in [0.4, 0.5) is 8.78 Å². The summed E-state index contributed by atoms with van der Waals surface area (Å²) in [6.45, 7) is 4.07. The van der Waals surface area contributed by atoms with Gasteiger partial charge in [0.1, 0.15) is 11.6 Å². The lowest BCUT2D eigenvalue weighted by atomic mass is 9.98. The predicted octanol–water partition coefficient (Wildman–Crippen LogP) is 2.83. The minimum atomic E-state index is -0.620. The van der Waals surface area contributed by atoms with Crippen LogP contribution in [0.25, 0.3) is 0 Å². The molecule has 0 bridgehead atoms. The number of hydrogen-bond donors (Lipinski definition) is 1. The number of benzene rings is 1. The molecule has 1 aromatic rings. The molecule has 2 N–H and O–H groups in total. The third-order valence-corrected chi connectivity index (χ3v) is 4.17. The molecular weight excluding hydrogens is 274 g/mol. The van der Waals surface area contributed by atoms with Crippen LogP contribution in [0.15, 0.2) is 18.2 Å². The number of rotatable bonds is 6. The van der Waals surface area contributed by atoms with Gasteiger partial charge in [0.2, 0.25) is 5.91 Å². The van der Waals surface area contributed by atoms with Crippen molar-refractivity contribution in [2.24, 2.45) is 11.7 Å². The molecule has 3 nitrogen and oxygen atoms in total. The molecule has 1 aromatic carbocycles. The SMILES string of the molecule is CC[C@H](C)[C@H](N)C(=O)N(Cc1ccc(F)cc1F)C1CC1. The molecule has 0 aromatic heterocycles. The van der Waals surface area contributed by atoms with Gasteiger partial charge in [0, 0.05) is 24.2 Å². The Morgan fingerprint density at radius 1 is 1.43 bits per heavy atom. The molecule has 21 heavy (non-hydrogen) atoms. The van der Waals surface area contributed by atoms with E-state index < -0.39 is 17.7 Å². The lowest BCUT2D eigenvalue weighted by Crippen LogP contribution is -2.47.